The molecule has 2 aromatic carbocycles. The number of halogens is 2. The van der Waals surface area contributed by atoms with E-state index in [1.165, 1.54) is 24.4 Å². The maximum absolute atomic E-state index is 13.6. The SMILES string of the molecule is O=C(/C=C/c1ccc(Cl)cc1)Nc1cc(F)ccc1NC(=O)c1ccccn1. The number of carbonyl (C=O) groups excluding carboxylic acids is 2. The van der Waals surface area contributed by atoms with Crippen molar-refractivity contribution in [3.05, 3.63) is 95.0 Å². The molecule has 0 radical (unpaired) electrons. The van der Waals surface area contributed by atoms with Crippen molar-refractivity contribution < 1.29 is 14.0 Å². The van der Waals surface area contributed by atoms with Crippen molar-refractivity contribution in [2.45, 2.75) is 0 Å². The van der Waals surface area contributed by atoms with E-state index in [-0.39, 0.29) is 17.1 Å². The Bertz CT molecular complexity index is 1020. The zero-order chi connectivity index (χ0) is 19.9. The van der Waals surface area contributed by atoms with Gasteiger partial charge >= 0.3 is 0 Å². The van der Waals surface area contributed by atoms with Gasteiger partial charge in [-0.2, -0.15) is 0 Å². The van der Waals surface area contributed by atoms with Crippen LogP contribution in [0.2, 0.25) is 5.02 Å². The van der Waals surface area contributed by atoms with E-state index in [9.17, 15) is 14.0 Å². The first-order chi connectivity index (χ1) is 13.5. The minimum absolute atomic E-state index is 0.134. The molecule has 0 spiro atoms. The lowest BCUT2D eigenvalue weighted by Crippen LogP contribution is -2.16. The number of aromatic nitrogens is 1. The normalized spacial score (nSPS) is 10.6. The Morgan fingerprint density at radius 1 is 0.964 bits per heavy atom. The van der Waals surface area contributed by atoms with Gasteiger partial charge in [-0.05, 0) is 54.1 Å². The predicted octanol–water partition coefficient (Wildman–Crippen LogP) is 4.78. The fraction of sp³-hybridized carbons (Fsp3) is 0. The summed E-state index contributed by atoms with van der Waals surface area (Å²) in [7, 11) is 0. The van der Waals surface area contributed by atoms with Crippen LogP contribution in [0.3, 0.4) is 0 Å². The Balaban J connectivity index is 1.74. The van der Waals surface area contributed by atoms with Crippen LogP contribution in [0.15, 0.2) is 72.9 Å². The molecule has 1 heterocycles. The first-order valence-electron chi connectivity index (χ1n) is 8.28. The molecular formula is C21H15ClFN3O2. The summed E-state index contributed by atoms with van der Waals surface area (Å²) in [6.07, 6.45) is 4.39. The van der Waals surface area contributed by atoms with Crippen LogP contribution in [0.25, 0.3) is 6.08 Å². The van der Waals surface area contributed by atoms with Crippen LogP contribution in [0.5, 0.6) is 0 Å². The molecule has 0 aliphatic rings. The van der Waals surface area contributed by atoms with Crippen LogP contribution >= 0.6 is 11.6 Å². The molecule has 0 bridgehead atoms. The molecule has 0 saturated heterocycles. The summed E-state index contributed by atoms with van der Waals surface area (Å²) in [5.41, 5.74) is 1.37. The molecule has 28 heavy (non-hydrogen) atoms. The molecule has 3 aromatic rings. The van der Waals surface area contributed by atoms with Crippen LogP contribution in [0, 0.1) is 5.82 Å². The topological polar surface area (TPSA) is 71.1 Å². The second-order valence-corrected chi connectivity index (χ2v) is 6.17. The van der Waals surface area contributed by atoms with Crippen molar-refractivity contribution in [3.8, 4) is 0 Å². The highest BCUT2D eigenvalue weighted by molar-refractivity contribution is 6.30. The largest absolute Gasteiger partial charge is 0.321 e. The monoisotopic (exact) mass is 395 g/mol. The maximum Gasteiger partial charge on any atom is 0.274 e. The number of amides is 2. The van der Waals surface area contributed by atoms with E-state index >= 15 is 0 Å². The average Bonchev–Trinajstić information content (AvgIpc) is 2.70. The lowest BCUT2D eigenvalue weighted by Gasteiger charge is -2.11. The summed E-state index contributed by atoms with van der Waals surface area (Å²) < 4.78 is 13.6. The average molecular weight is 396 g/mol. The van der Waals surface area contributed by atoms with Crippen molar-refractivity contribution in [3.63, 3.8) is 0 Å². The fourth-order valence-corrected chi connectivity index (χ4v) is 2.46. The standard InChI is InChI=1S/C21H15ClFN3O2/c22-15-7-4-14(5-8-15)6-11-20(27)25-19-13-16(23)9-10-17(19)26-21(28)18-3-1-2-12-24-18/h1-13H,(H,25,27)(H,26,28)/b11-6+. The van der Waals surface area contributed by atoms with Gasteiger partial charge in [-0.15, -0.1) is 0 Å². The lowest BCUT2D eigenvalue weighted by atomic mass is 10.2. The van der Waals surface area contributed by atoms with Gasteiger partial charge in [0.25, 0.3) is 5.91 Å². The number of rotatable bonds is 5. The first kappa shape index (κ1) is 19.3. The van der Waals surface area contributed by atoms with E-state index in [4.69, 9.17) is 11.6 Å². The molecule has 5 nitrogen and oxygen atoms in total. The summed E-state index contributed by atoms with van der Waals surface area (Å²) in [6.45, 7) is 0. The molecule has 0 atom stereocenters. The minimum atomic E-state index is -0.548. The van der Waals surface area contributed by atoms with Gasteiger partial charge in [-0.1, -0.05) is 29.8 Å². The van der Waals surface area contributed by atoms with Gasteiger partial charge in [0.1, 0.15) is 11.5 Å². The van der Waals surface area contributed by atoms with E-state index in [0.717, 1.165) is 11.6 Å². The highest BCUT2D eigenvalue weighted by atomic mass is 35.5. The maximum atomic E-state index is 13.6. The van der Waals surface area contributed by atoms with E-state index in [2.05, 4.69) is 15.6 Å². The summed E-state index contributed by atoms with van der Waals surface area (Å²) in [5.74, 6) is -1.50. The van der Waals surface area contributed by atoms with Gasteiger partial charge in [-0.3, -0.25) is 14.6 Å². The van der Waals surface area contributed by atoms with Crippen molar-refractivity contribution in [2.24, 2.45) is 0 Å². The van der Waals surface area contributed by atoms with Crippen LogP contribution in [-0.2, 0) is 4.79 Å². The van der Waals surface area contributed by atoms with Crippen molar-refractivity contribution >= 4 is 40.9 Å². The van der Waals surface area contributed by atoms with Crippen molar-refractivity contribution in [1.29, 1.82) is 0 Å². The lowest BCUT2D eigenvalue weighted by molar-refractivity contribution is -0.111. The molecule has 0 aliphatic heterocycles. The summed E-state index contributed by atoms with van der Waals surface area (Å²) in [4.78, 5) is 28.4. The highest BCUT2D eigenvalue weighted by Gasteiger charge is 2.12. The second-order valence-electron chi connectivity index (χ2n) is 5.73. The number of benzene rings is 2. The fourth-order valence-electron chi connectivity index (χ4n) is 2.33. The van der Waals surface area contributed by atoms with E-state index in [1.54, 1.807) is 48.5 Å². The Morgan fingerprint density at radius 2 is 1.75 bits per heavy atom. The molecule has 1 aromatic heterocycles. The van der Waals surface area contributed by atoms with Gasteiger partial charge in [-0.25, -0.2) is 4.39 Å². The summed E-state index contributed by atoms with van der Waals surface area (Å²) in [6, 6.07) is 15.5. The molecule has 7 heteroatoms. The van der Waals surface area contributed by atoms with Crippen LogP contribution in [0.1, 0.15) is 16.1 Å². The Labute approximate surface area is 165 Å². The number of anilines is 2. The number of carbonyl (C=O) groups is 2. The predicted molar refractivity (Wildman–Crippen MR) is 108 cm³/mol. The molecule has 3 rings (SSSR count). The van der Waals surface area contributed by atoms with E-state index in [0.29, 0.717) is 5.02 Å². The quantitative estimate of drug-likeness (QED) is 0.611. The summed E-state index contributed by atoms with van der Waals surface area (Å²) >= 11 is 5.82. The van der Waals surface area contributed by atoms with Crippen molar-refractivity contribution in [2.75, 3.05) is 10.6 Å². The number of nitrogens with one attached hydrogen (secondary N) is 2. The molecule has 0 fully saturated rings. The number of hydrogen-bond acceptors (Lipinski definition) is 3. The van der Waals surface area contributed by atoms with Gasteiger partial charge in [0.05, 0.1) is 11.4 Å². The molecule has 0 unspecified atom stereocenters. The molecule has 2 N–H and O–H groups in total. The number of pyridine rings is 1. The molecule has 0 aliphatic carbocycles. The van der Waals surface area contributed by atoms with Gasteiger partial charge in [0.2, 0.25) is 5.91 Å². The highest BCUT2D eigenvalue weighted by Crippen LogP contribution is 2.23. The minimum Gasteiger partial charge on any atom is -0.321 e. The first-order valence-corrected chi connectivity index (χ1v) is 8.65. The molecule has 2 amide bonds. The second kappa shape index (κ2) is 8.92. The van der Waals surface area contributed by atoms with Gasteiger partial charge in [0, 0.05) is 17.3 Å². The van der Waals surface area contributed by atoms with Gasteiger partial charge < -0.3 is 10.6 Å². The van der Waals surface area contributed by atoms with Crippen LogP contribution in [-0.4, -0.2) is 16.8 Å². The third-order valence-electron chi connectivity index (χ3n) is 3.68. The summed E-state index contributed by atoms with van der Waals surface area (Å²) in [5, 5.41) is 5.77. The third-order valence-corrected chi connectivity index (χ3v) is 3.93. The van der Waals surface area contributed by atoms with Crippen LogP contribution < -0.4 is 10.6 Å². The van der Waals surface area contributed by atoms with Crippen LogP contribution in [0.4, 0.5) is 15.8 Å². The van der Waals surface area contributed by atoms with E-state index in [1.807, 2.05) is 0 Å². The molecular weight excluding hydrogens is 381 g/mol. The van der Waals surface area contributed by atoms with E-state index < -0.39 is 17.6 Å². The number of nitrogens with zero attached hydrogens (tertiary/aromatic N) is 1. The third kappa shape index (κ3) is 5.25. The molecule has 140 valence electrons. The smallest absolute Gasteiger partial charge is 0.274 e. The zero-order valence-corrected chi connectivity index (χ0v) is 15.3. The van der Waals surface area contributed by atoms with Crippen molar-refractivity contribution in [1.82, 2.24) is 4.98 Å². The Morgan fingerprint density at radius 3 is 2.46 bits per heavy atom. The number of hydrogen-bond donors (Lipinski definition) is 2. The zero-order valence-electron chi connectivity index (χ0n) is 14.5. The molecule has 0 saturated carbocycles. The Hall–Kier alpha value is -3.51. The van der Waals surface area contributed by atoms with Gasteiger partial charge in [0.15, 0.2) is 0 Å². The Kier molecular flexibility index (Phi) is 6.14.